The number of amides is 1. The number of aromatic nitrogens is 1. The Morgan fingerprint density at radius 1 is 1.07 bits per heavy atom. The molecule has 1 aromatic heterocycles. The first-order valence-corrected chi connectivity index (χ1v) is 10.4. The van der Waals surface area contributed by atoms with Crippen LogP contribution in [-0.4, -0.2) is 63.8 Å². The number of rotatable bonds is 9. The Labute approximate surface area is 180 Å². The van der Waals surface area contributed by atoms with Gasteiger partial charge in [-0.15, -0.1) is 0 Å². The number of carbonyl (C=O) groups excluding carboxylic acids is 1. The van der Waals surface area contributed by atoms with Gasteiger partial charge < -0.3 is 19.1 Å². The zero-order valence-electron chi connectivity index (χ0n) is 18.0. The Kier molecular flexibility index (Phi) is 7.12. The maximum atomic E-state index is 13.1. The van der Waals surface area contributed by atoms with E-state index in [2.05, 4.69) is 0 Å². The maximum absolute atomic E-state index is 13.1. The van der Waals surface area contributed by atoms with E-state index in [9.17, 15) is 4.79 Å². The number of likely N-dealkylation sites (N-methyl/N-ethyl adjacent to an activating group) is 1. The average Bonchev–Trinajstić information content (AvgIpc) is 3.16. The quantitative estimate of drug-likeness (QED) is 0.518. The zero-order valence-corrected chi connectivity index (χ0v) is 18.8. The fourth-order valence-electron chi connectivity index (χ4n) is 2.94. The second kappa shape index (κ2) is 9.77. The third-order valence-electron chi connectivity index (χ3n) is 4.55. The highest BCUT2D eigenvalue weighted by Crippen LogP contribution is 2.40. The maximum Gasteiger partial charge on any atom is 0.266 e. The van der Waals surface area contributed by atoms with Gasteiger partial charge in [-0.25, -0.2) is 4.98 Å². The van der Waals surface area contributed by atoms with E-state index in [1.807, 2.05) is 62.3 Å². The van der Waals surface area contributed by atoms with Gasteiger partial charge in [0.05, 0.1) is 14.2 Å². The van der Waals surface area contributed by atoms with Crippen molar-refractivity contribution in [2.24, 2.45) is 0 Å². The lowest BCUT2D eigenvalue weighted by Gasteiger charge is -2.22. The van der Waals surface area contributed by atoms with Crippen molar-refractivity contribution < 1.29 is 19.0 Å². The molecule has 1 amide bonds. The van der Waals surface area contributed by atoms with Crippen LogP contribution >= 0.6 is 11.3 Å². The van der Waals surface area contributed by atoms with Crippen molar-refractivity contribution in [1.29, 1.82) is 0 Å². The molecule has 2 aromatic carbocycles. The molecule has 0 fully saturated rings. The molecule has 0 aliphatic heterocycles. The second-order valence-electron chi connectivity index (χ2n) is 7.10. The number of ether oxygens (including phenoxy) is 3. The van der Waals surface area contributed by atoms with Crippen molar-refractivity contribution in [3.8, 4) is 17.2 Å². The van der Waals surface area contributed by atoms with E-state index >= 15 is 0 Å². The number of fused-ring (bicyclic) bond motifs is 1. The van der Waals surface area contributed by atoms with Crippen molar-refractivity contribution >= 4 is 32.6 Å². The standard InChI is InChI=1S/C22H27N3O4S/c1-15-7-6-8-16(13-15)29-14-19(26)25(12-11-24(2)3)22-23-20-17(27-4)9-10-18(28-5)21(20)30-22/h6-10,13H,11-12,14H2,1-5H3. The first-order chi connectivity index (χ1) is 14.4. The minimum absolute atomic E-state index is 0.0684. The third kappa shape index (κ3) is 5.01. The van der Waals surface area contributed by atoms with E-state index in [0.717, 1.165) is 10.3 Å². The molecule has 0 atom stereocenters. The molecule has 0 radical (unpaired) electrons. The number of nitrogens with zero attached hydrogens (tertiary/aromatic N) is 3. The fraction of sp³-hybridized carbons (Fsp3) is 0.364. The number of hydrogen-bond donors (Lipinski definition) is 0. The summed E-state index contributed by atoms with van der Waals surface area (Å²) in [5, 5.41) is 0.590. The summed E-state index contributed by atoms with van der Waals surface area (Å²) in [5.41, 5.74) is 1.76. The molecule has 3 aromatic rings. The van der Waals surface area contributed by atoms with Crippen LogP contribution in [-0.2, 0) is 4.79 Å². The molecule has 160 valence electrons. The number of benzene rings is 2. The van der Waals surface area contributed by atoms with Crippen LogP contribution in [0.5, 0.6) is 17.2 Å². The minimum Gasteiger partial charge on any atom is -0.495 e. The minimum atomic E-state index is -0.157. The predicted octanol–water partition coefficient (Wildman–Crippen LogP) is 3.60. The lowest BCUT2D eigenvalue weighted by Crippen LogP contribution is -2.39. The lowest BCUT2D eigenvalue weighted by molar-refractivity contribution is -0.120. The molecule has 30 heavy (non-hydrogen) atoms. The molecule has 0 saturated carbocycles. The summed E-state index contributed by atoms with van der Waals surface area (Å²) in [6, 6.07) is 11.3. The van der Waals surface area contributed by atoms with Gasteiger partial charge in [-0.2, -0.15) is 0 Å². The van der Waals surface area contributed by atoms with Crippen LogP contribution in [0.2, 0.25) is 0 Å². The SMILES string of the molecule is COc1ccc(OC)c2sc(N(CCN(C)C)C(=O)COc3cccc(C)c3)nc12. The number of anilines is 1. The molecule has 0 N–H and O–H groups in total. The highest BCUT2D eigenvalue weighted by molar-refractivity contribution is 7.22. The molecule has 8 heteroatoms. The van der Waals surface area contributed by atoms with Crippen LogP contribution in [0.15, 0.2) is 36.4 Å². The Morgan fingerprint density at radius 3 is 2.47 bits per heavy atom. The highest BCUT2D eigenvalue weighted by atomic mass is 32.1. The summed E-state index contributed by atoms with van der Waals surface area (Å²) in [6.45, 7) is 3.11. The summed E-state index contributed by atoms with van der Waals surface area (Å²) >= 11 is 1.41. The van der Waals surface area contributed by atoms with Gasteiger partial charge in [0.1, 0.15) is 27.5 Å². The normalized spacial score (nSPS) is 11.0. The van der Waals surface area contributed by atoms with E-state index in [1.54, 1.807) is 19.1 Å². The van der Waals surface area contributed by atoms with Gasteiger partial charge in [-0.1, -0.05) is 23.5 Å². The Morgan fingerprint density at radius 2 is 1.80 bits per heavy atom. The number of hydrogen-bond acceptors (Lipinski definition) is 7. The smallest absolute Gasteiger partial charge is 0.266 e. The van der Waals surface area contributed by atoms with Crippen molar-refractivity contribution in [3.63, 3.8) is 0 Å². The molecule has 0 bridgehead atoms. The topological polar surface area (TPSA) is 64.1 Å². The molecule has 0 aliphatic rings. The predicted molar refractivity (Wildman–Crippen MR) is 120 cm³/mol. The largest absolute Gasteiger partial charge is 0.495 e. The average molecular weight is 430 g/mol. The molecule has 7 nitrogen and oxygen atoms in total. The van der Waals surface area contributed by atoms with Crippen LogP contribution in [0.25, 0.3) is 10.2 Å². The van der Waals surface area contributed by atoms with Crippen molar-refractivity contribution in [2.75, 3.05) is 52.9 Å². The number of thiazole rings is 1. The lowest BCUT2D eigenvalue weighted by atomic mass is 10.2. The van der Waals surface area contributed by atoms with Crippen LogP contribution in [0, 0.1) is 6.92 Å². The van der Waals surface area contributed by atoms with Crippen molar-refractivity contribution in [2.45, 2.75) is 6.92 Å². The van der Waals surface area contributed by atoms with Gasteiger partial charge in [0.2, 0.25) is 0 Å². The van der Waals surface area contributed by atoms with Crippen LogP contribution in [0.3, 0.4) is 0 Å². The van der Waals surface area contributed by atoms with Crippen LogP contribution in [0.1, 0.15) is 5.56 Å². The van der Waals surface area contributed by atoms with Gasteiger partial charge in [-0.3, -0.25) is 9.69 Å². The molecule has 0 unspecified atom stereocenters. The molecule has 0 aliphatic carbocycles. The number of aryl methyl sites for hydroxylation is 1. The van der Waals surface area contributed by atoms with E-state index in [-0.39, 0.29) is 12.5 Å². The Balaban J connectivity index is 1.89. The Hall–Kier alpha value is -2.84. The van der Waals surface area contributed by atoms with Gasteiger partial charge in [0.15, 0.2) is 11.7 Å². The zero-order chi connectivity index (χ0) is 21.7. The summed E-state index contributed by atoms with van der Waals surface area (Å²) in [7, 11) is 7.16. The van der Waals surface area contributed by atoms with Crippen molar-refractivity contribution in [1.82, 2.24) is 9.88 Å². The third-order valence-corrected chi connectivity index (χ3v) is 5.65. The van der Waals surface area contributed by atoms with Gasteiger partial charge >= 0.3 is 0 Å². The van der Waals surface area contributed by atoms with E-state index in [1.165, 1.54) is 11.3 Å². The number of carbonyl (C=O) groups is 1. The summed E-state index contributed by atoms with van der Waals surface area (Å²) in [4.78, 5) is 21.5. The van der Waals surface area contributed by atoms with Gasteiger partial charge in [0.25, 0.3) is 5.91 Å². The second-order valence-corrected chi connectivity index (χ2v) is 8.08. The molecule has 0 saturated heterocycles. The van der Waals surface area contributed by atoms with E-state index in [4.69, 9.17) is 19.2 Å². The fourth-order valence-corrected chi connectivity index (χ4v) is 4.06. The Bertz CT molecular complexity index is 978. The van der Waals surface area contributed by atoms with E-state index < -0.39 is 0 Å². The molecule has 3 rings (SSSR count). The highest BCUT2D eigenvalue weighted by Gasteiger charge is 2.23. The molecular formula is C22H27N3O4S. The summed E-state index contributed by atoms with van der Waals surface area (Å²) < 4.78 is 17.5. The van der Waals surface area contributed by atoms with E-state index in [0.29, 0.717) is 41.0 Å². The van der Waals surface area contributed by atoms with Gasteiger partial charge in [0, 0.05) is 13.1 Å². The van der Waals surface area contributed by atoms with Crippen molar-refractivity contribution in [3.05, 3.63) is 42.0 Å². The van der Waals surface area contributed by atoms with Crippen LogP contribution < -0.4 is 19.1 Å². The summed E-state index contributed by atoms with van der Waals surface area (Å²) in [5.74, 6) is 1.86. The molecule has 1 heterocycles. The monoisotopic (exact) mass is 429 g/mol. The number of methoxy groups -OCH3 is 2. The first-order valence-electron chi connectivity index (χ1n) is 9.59. The summed E-state index contributed by atoms with van der Waals surface area (Å²) in [6.07, 6.45) is 0. The van der Waals surface area contributed by atoms with Gasteiger partial charge in [-0.05, 0) is 50.8 Å². The first kappa shape index (κ1) is 21.9. The molecule has 0 spiro atoms. The van der Waals surface area contributed by atoms with Crippen LogP contribution in [0.4, 0.5) is 5.13 Å². The molecular weight excluding hydrogens is 402 g/mol.